The summed E-state index contributed by atoms with van der Waals surface area (Å²) in [4.78, 5) is 18.0. The zero-order valence-electron chi connectivity index (χ0n) is 11.4. The lowest BCUT2D eigenvalue weighted by Gasteiger charge is -1.95. The molecule has 3 heterocycles. The van der Waals surface area contributed by atoms with Crippen LogP contribution in [0.4, 0.5) is 0 Å². The predicted octanol–water partition coefficient (Wildman–Crippen LogP) is 5.72. The highest BCUT2D eigenvalue weighted by Gasteiger charge is 2.28. The van der Waals surface area contributed by atoms with Crippen LogP contribution < -0.4 is 0 Å². The van der Waals surface area contributed by atoms with Crippen molar-refractivity contribution in [3.8, 4) is 0 Å². The van der Waals surface area contributed by atoms with E-state index in [1.54, 1.807) is 6.08 Å². The Kier molecular flexibility index (Phi) is 3.85. The first-order valence-electron chi connectivity index (χ1n) is 6.56. The molecule has 3 aromatic rings. The van der Waals surface area contributed by atoms with Crippen LogP contribution in [0.2, 0.25) is 5.02 Å². The van der Waals surface area contributed by atoms with Crippen molar-refractivity contribution < 1.29 is 9.53 Å². The van der Waals surface area contributed by atoms with Crippen molar-refractivity contribution in [1.82, 2.24) is 0 Å². The van der Waals surface area contributed by atoms with Gasteiger partial charge in [0.2, 0.25) is 5.90 Å². The van der Waals surface area contributed by atoms with Crippen molar-refractivity contribution >= 4 is 78.2 Å². The minimum atomic E-state index is -0.455. The van der Waals surface area contributed by atoms with Crippen LogP contribution in [-0.2, 0) is 9.53 Å². The lowest BCUT2D eigenvalue weighted by atomic mass is 10.2. The van der Waals surface area contributed by atoms with Gasteiger partial charge in [-0.3, -0.25) is 0 Å². The fraction of sp³-hybridized carbons (Fsp3) is 0. The Balaban J connectivity index is 1.79. The molecule has 4 rings (SSSR count). The fourth-order valence-electron chi connectivity index (χ4n) is 2.19. The largest absolute Gasteiger partial charge is 0.401 e. The van der Waals surface area contributed by atoms with E-state index in [0.29, 0.717) is 9.90 Å². The number of halogens is 2. The van der Waals surface area contributed by atoms with Crippen LogP contribution in [0.25, 0.3) is 16.2 Å². The lowest BCUT2D eigenvalue weighted by Crippen LogP contribution is -2.03. The standard InChI is InChI=1S/C16H7BrClNO2S2/c17-8-3-4-10-12(6-8)23-14(13(10)18)15-19-11(16(20)21-15)7-9-2-1-5-22-9/h1-7H/b11-7+. The minimum absolute atomic E-state index is 0.264. The zero-order valence-corrected chi connectivity index (χ0v) is 15.4. The van der Waals surface area contributed by atoms with Gasteiger partial charge in [-0.15, -0.1) is 22.7 Å². The second kappa shape index (κ2) is 5.87. The van der Waals surface area contributed by atoms with E-state index >= 15 is 0 Å². The Labute approximate surface area is 153 Å². The Morgan fingerprint density at radius 1 is 1.30 bits per heavy atom. The molecule has 2 aromatic heterocycles. The van der Waals surface area contributed by atoms with Gasteiger partial charge in [-0.25, -0.2) is 9.79 Å². The van der Waals surface area contributed by atoms with Gasteiger partial charge in [-0.2, -0.15) is 0 Å². The number of hydrogen-bond acceptors (Lipinski definition) is 5. The smallest absolute Gasteiger partial charge is 0.363 e. The molecule has 0 saturated heterocycles. The number of hydrogen-bond donors (Lipinski definition) is 0. The number of fused-ring (bicyclic) bond motifs is 1. The molecule has 0 saturated carbocycles. The Bertz CT molecular complexity index is 989. The molecule has 1 aliphatic heterocycles. The second-order valence-electron chi connectivity index (χ2n) is 4.74. The lowest BCUT2D eigenvalue weighted by molar-refractivity contribution is -0.129. The molecule has 0 atom stereocenters. The molecule has 0 fully saturated rings. The highest BCUT2D eigenvalue weighted by Crippen LogP contribution is 2.38. The second-order valence-corrected chi connectivity index (χ2v) is 8.06. The predicted molar refractivity (Wildman–Crippen MR) is 99.5 cm³/mol. The topological polar surface area (TPSA) is 38.7 Å². The van der Waals surface area contributed by atoms with Crippen LogP contribution in [0.3, 0.4) is 0 Å². The molecule has 0 aliphatic carbocycles. The maximum Gasteiger partial charge on any atom is 0.363 e. The van der Waals surface area contributed by atoms with E-state index < -0.39 is 5.97 Å². The number of aliphatic imine (C=N–C) groups is 1. The first kappa shape index (κ1) is 15.1. The van der Waals surface area contributed by atoms with Crippen LogP contribution >= 0.6 is 50.2 Å². The molecule has 1 aliphatic rings. The number of rotatable bonds is 2. The molecule has 0 unspecified atom stereocenters. The maximum absolute atomic E-state index is 12.0. The van der Waals surface area contributed by atoms with Crippen LogP contribution in [-0.4, -0.2) is 11.9 Å². The SMILES string of the molecule is O=C1OC(c2sc3cc(Br)ccc3c2Cl)=N/C1=C/c1cccs1. The molecule has 7 heteroatoms. The molecule has 114 valence electrons. The van der Waals surface area contributed by atoms with E-state index in [1.807, 2.05) is 35.7 Å². The summed E-state index contributed by atoms with van der Waals surface area (Å²) in [6.07, 6.45) is 1.72. The number of carbonyl (C=O) groups is 1. The van der Waals surface area contributed by atoms with Crippen LogP contribution in [0.15, 0.2) is 50.9 Å². The average molecular weight is 425 g/mol. The number of nitrogens with zero attached hydrogens (tertiary/aromatic N) is 1. The fourth-order valence-corrected chi connectivity index (χ4v) is 4.83. The van der Waals surface area contributed by atoms with Crippen molar-refractivity contribution in [2.45, 2.75) is 0 Å². The van der Waals surface area contributed by atoms with Crippen LogP contribution in [0.5, 0.6) is 0 Å². The Morgan fingerprint density at radius 3 is 2.96 bits per heavy atom. The summed E-state index contributed by atoms with van der Waals surface area (Å²) in [6, 6.07) is 9.68. The van der Waals surface area contributed by atoms with E-state index in [1.165, 1.54) is 22.7 Å². The molecule has 0 N–H and O–H groups in total. The highest BCUT2D eigenvalue weighted by molar-refractivity contribution is 9.10. The number of benzene rings is 1. The molecule has 0 spiro atoms. The molecular weight excluding hydrogens is 418 g/mol. The number of carbonyl (C=O) groups excluding carboxylic acids is 1. The van der Waals surface area contributed by atoms with Crippen LogP contribution in [0, 0.1) is 0 Å². The van der Waals surface area contributed by atoms with Gasteiger partial charge in [0.05, 0.1) is 5.02 Å². The summed E-state index contributed by atoms with van der Waals surface area (Å²) in [5.74, 6) is -0.191. The van der Waals surface area contributed by atoms with E-state index in [0.717, 1.165) is 19.4 Å². The van der Waals surface area contributed by atoms with Gasteiger partial charge < -0.3 is 4.74 Å². The van der Waals surface area contributed by atoms with Gasteiger partial charge in [0.1, 0.15) is 4.88 Å². The third kappa shape index (κ3) is 2.76. The summed E-state index contributed by atoms with van der Waals surface area (Å²) >= 11 is 12.9. The molecular formula is C16H7BrClNO2S2. The van der Waals surface area contributed by atoms with Crippen molar-refractivity contribution in [3.05, 3.63) is 60.7 Å². The summed E-state index contributed by atoms with van der Waals surface area (Å²) in [5, 5.41) is 3.42. The van der Waals surface area contributed by atoms with Gasteiger partial charge in [0, 0.05) is 19.4 Å². The number of esters is 1. The molecule has 23 heavy (non-hydrogen) atoms. The molecule has 1 aromatic carbocycles. The third-order valence-electron chi connectivity index (χ3n) is 3.23. The number of ether oxygens (including phenoxy) is 1. The van der Waals surface area contributed by atoms with E-state index in [2.05, 4.69) is 20.9 Å². The Hall–Kier alpha value is -1.47. The molecule has 0 radical (unpaired) electrons. The van der Waals surface area contributed by atoms with Gasteiger partial charge in [-0.05, 0) is 29.7 Å². The molecule has 0 amide bonds. The highest BCUT2D eigenvalue weighted by atomic mass is 79.9. The third-order valence-corrected chi connectivity index (χ3v) is 6.19. The molecule has 3 nitrogen and oxygen atoms in total. The van der Waals surface area contributed by atoms with Gasteiger partial charge >= 0.3 is 5.97 Å². The Morgan fingerprint density at radius 2 is 2.17 bits per heavy atom. The summed E-state index contributed by atoms with van der Waals surface area (Å²) in [5.41, 5.74) is 0.289. The average Bonchev–Trinajstić information content (AvgIpc) is 3.21. The first-order chi connectivity index (χ1) is 11.1. The number of thiophene rings is 2. The van der Waals surface area contributed by atoms with Gasteiger partial charge in [0.15, 0.2) is 5.70 Å². The summed E-state index contributed by atoms with van der Waals surface area (Å²) in [7, 11) is 0. The van der Waals surface area contributed by atoms with Gasteiger partial charge in [0.25, 0.3) is 0 Å². The van der Waals surface area contributed by atoms with Crippen molar-refractivity contribution in [3.63, 3.8) is 0 Å². The van der Waals surface area contributed by atoms with Crippen molar-refractivity contribution in [2.24, 2.45) is 4.99 Å². The van der Waals surface area contributed by atoms with Crippen molar-refractivity contribution in [1.29, 1.82) is 0 Å². The maximum atomic E-state index is 12.0. The van der Waals surface area contributed by atoms with Gasteiger partial charge in [-0.1, -0.05) is 39.7 Å². The normalized spacial score (nSPS) is 16.2. The zero-order chi connectivity index (χ0) is 16.0. The van der Waals surface area contributed by atoms with Crippen LogP contribution in [0.1, 0.15) is 9.75 Å². The summed E-state index contributed by atoms with van der Waals surface area (Å²) in [6.45, 7) is 0. The minimum Gasteiger partial charge on any atom is -0.401 e. The number of cyclic esters (lactones) is 1. The first-order valence-corrected chi connectivity index (χ1v) is 9.42. The molecule has 0 bridgehead atoms. The van der Waals surface area contributed by atoms with E-state index in [4.69, 9.17) is 16.3 Å². The summed E-state index contributed by atoms with van der Waals surface area (Å²) < 4.78 is 7.29. The quantitative estimate of drug-likeness (QED) is 0.389. The monoisotopic (exact) mass is 423 g/mol. The van der Waals surface area contributed by atoms with E-state index in [-0.39, 0.29) is 11.6 Å². The van der Waals surface area contributed by atoms with Crippen molar-refractivity contribution in [2.75, 3.05) is 0 Å². The van der Waals surface area contributed by atoms with E-state index in [9.17, 15) is 4.79 Å².